The fraction of sp³-hybridized carbons (Fsp3) is 0.263. The van der Waals surface area contributed by atoms with E-state index in [2.05, 4.69) is 42.3 Å². The van der Waals surface area contributed by atoms with Crippen LogP contribution in [0.25, 0.3) is 11.4 Å². The van der Waals surface area contributed by atoms with Crippen LogP contribution in [0.1, 0.15) is 18.4 Å². The van der Waals surface area contributed by atoms with Gasteiger partial charge in [-0.3, -0.25) is 0 Å². The number of nitrogens with one attached hydrogen (secondary N) is 1. The van der Waals surface area contributed by atoms with Gasteiger partial charge < -0.3 is 10.2 Å². The van der Waals surface area contributed by atoms with Crippen molar-refractivity contribution in [1.29, 1.82) is 0 Å². The molecule has 1 fully saturated rings. The lowest BCUT2D eigenvalue weighted by Gasteiger charge is -2.16. The second-order valence-corrected chi connectivity index (χ2v) is 6.07. The Morgan fingerprint density at radius 3 is 2.52 bits per heavy atom. The molecule has 0 atom stereocenters. The molecular weight excluding hydrogens is 312 g/mol. The Morgan fingerprint density at radius 2 is 1.76 bits per heavy atom. The molecule has 4 rings (SSSR count). The van der Waals surface area contributed by atoms with Gasteiger partial charge in [-0.15, -0.1) is 0 Å². The molecule has 1 aromatic carbocycles. The van der Waals surface area contributed by atoms with Crippen molar-refractivity contribution in [2.75, 3.05) is 23.3 Å². The number of hydrogen-bond acceptors (Lipinski definition) is 6. The molecular formula is C19H20N6. The highest BCUT2D eigenvalue weighted by atomic mass is 15.2. The third-order valence-corrected chi connectivity index (χ3v) is 4.29. The Hall–Kier alpha value is -3.02. The van der Waals surface area contributed by atoms with Crippen LogP contribution in [0.3, 0.4) is 0 Å². The summed E-state index contributed by atoms with van der Waals surface area (Å²) in [5, 5.41) is 3.24. The van der Waals surface area contributed by atoms with Gasteiger partial charge >= 0.3 is 0 Å². The van der Waals surface area contributed by atoms with Crippen LogP contribution < -0.4 is 10.2 Å². The molecule has 0 saturated carbocycles. The van der Waals surface area contributed by atoms with Crippen LogP contribution in [0, 0.1) is 0 Å². The molecule has 0 amide bonds. The zero-order valence-electron chi connectivity index (χ0n) is 14.0. The highest BCUT2D eigenvalue weighted by molar-refractivity contribution is 5.55. The largest absolute Gasteiger partial charge is 0.357 e. The first-order valence-corrected chi connectivity index (χ1v) is 8.57. The first-order chi connectivity index (χ1) is 12.4. The summed E-state index contributed by atoms with van der Waals surface area (Å²) in [5.41, 5.74) is 2.08. The van der Waals surface area contributed by atoms with Crippen LogP contribution in [0.5, 0.6) is 0 Å². The summed E-state index contributed by atoms with van der Waals surface area (Å²) < 4.78 is 0. The number of aromatic nitrogens is 4. The lowest BCUT2D eigenvalue weighted by Crippen LogP contribution is -2.18. The Morgan fingerprint density at radius 1 is 0.920 bits per heavy atom. The van der Waals surface area contributed by atoms with Crippen molar-refractivity contribution in [2.45, 2.75) is 19.4 Å². The van der Waals surface area contributed by atoms with Gasteiger partial charge in [-0.1, -0.05) is 36.4 Å². The Labute approximate surface area is 147 Å². The van der Waals surface area contributed by atoms with E-state index in [1.165, 1.54) is 19.2 Å². The molecule has 126 valence electrons. The standard InChI is InChI=1S/C19H20N6/c1-2-6-16(7-3-1)18-22-14-23-19(24-18)21-13-15-8-9-17(20-12-15)25-10-4-5-11-25/h1-3,6-9,12,14H,4-5,10-11,13H2,(H,21,22,23,24). The topological polar surface area (TPSA) is 66.8 Å². The highest BCUT2D eigenvalue weighted by Crippen LogP contribution is 2.18. The van der Waals surface area contributed by atoms with E-state index in [-0.39, 0.29) is 0 Å². The zero-order valence-corrected chi connectivity index (χ0v) is 14.0. The number of rotatable bonds is 5. The molecule has 1 aliphatic rings. The maximum Gasteiger partial charge on any atom is 0.226 e. The lowest BCUT2D eigenvalue weighted by atomic mass is 10.2. The smallest absolute Gasteiger partial charge is 0.226 e. The van der Waals surface area contributed by atoms with Crippen molar-refractivity contribution in [3.63, 3.8) is 0 Å². The summed E-state index contributed by atoms with van der Waals surface area (Å²) in [5.74, 6) is 2.30. The summed E-state index contributed by atoms with van der Waals surface area (Å²) in [4.78, 5) is 19.8. The van der Waals surface area contributed by atoms with Gasteiger partial charge in [0.05, 0.1) is 0 Å². The fourth-order valence-electron chi connectivity index (χ4n) is 2.94. The zero-order chi connectivity index (χ0) is 16.9. The Bertz CT molecular complexity index is 813. The summed E-state index contributed by atoms with van der Waals surface area (Å²) in [7, 11) is 0. The molecule has 6 heteroatoms. The van der Waals surface area contributed by atoms with Crippen molar-refractivity contribution < 1.29 is 0 Å². The maximum atomic E-state index is 4.57. The lowest BCUT2D eigenvalue weighted by molar-refractivity contribution is 0.930. The summed E-state index contributed by atoms with van der Waals surface area (Å²) in [6.45, 7) is 2.85. The molecule has 1 N–H and O–H groups in total. The number of hydrogen-bond donors (Lipinski definition) is 1. The van der Waals surface area contributed by atoms with E-state index < -0.39 is 0 Å². The van der Waals surface area contributed by atoms with E-state index in [4.69, 9.17) is 0 Å². The minimum atomic E-state index is 0.567. The first-order valence-electron chi connectivity index (χ1n) is 8.57. The van der Waals surface area contributed by atoms with E-state index in [0.29, 0.717) is 18.3 Å². The number of pyridine rings is 1. The SMILES string of the molecule is c1ccc(-c2ncnc(NCc3ccc(N4CCCC4)nc3)n2)cc1. The van der Waals surface area contributed by atoms with Crippen LogP contribution in [-0.2, 0) is 6.54 Å². The van der Waals surface area contributed by atoms with Gasteiger partial charge in [0.15, 0.2) is 5.82 Å². The summed E-state index contributed by atoms with van der Waals surface area (Å²) in [6, 6.07) is 14.1. The summed E-state index contributed by atoms with van der Waals surface area (Å²) in [6.07, 6.45) is 5.97. The van der Waals surface area contributed by atoms with Gasteiger partial charge in [-0.2, -0.15) is 4.98 Å². The Kier molecular flexibility index (Phi) is 4.50. The number of anilines is 2. The van der Waals surface area contributed by atoms with Gasteiger partial charge in [0, 0.05) is 31.4 Å². The van der Waals surface area contributed by atoms with Crippen LogP contribution in [-0.4, -0.2) is 33.0 Å². The quantitative estimate of drug-likeness (QED) is 0.774. The fourth-order valence-corrected chi connectivity index (χ4v) is 2.94. The third kappa shape index (κ3) is 3.74. The van der Waals surface area contributed by atoms with Gasteiger partial charge in [0.2, 0.25) is 5.95 Å². The van der Waals surface area contributed by atoms with Crippen molar-refractivity contribution >= 4 is 11.8 Å². The predicted octanol–water partition coefficient (Wildman–Crippen LogP) is 3.15. The van der Waals surface area contributed by atoms with Gasteiger partial charge in [0.1, 0.15) is 12.1 Å². The second kappa shape index (κ2) is 7.25. The van der Waals surface area contributed by atoms with Crippen LogP contribution in [0.15, 0.2) is 55.0 Å². The number of benzene rings is 1. The van der Waals surface area contributed by atoms with Crippen LogP contribution in [0.2, 0.25) is 0 Å². The molecule has 0 aliphatic carbocycles. The Balaban J connectivity index is 1.41. The van der Waals surface area contributed by atoms with Crippen molar-refractivity contribution in [2.24, 2.45) is 0 Å². The van der Waals surface area contributed by atoms with Crippen molar-refractivity contribution in [1.82, 2.24) is 19.9 Å². The first kappa shape index (κ1) is 15.5. The van der Waals surface area contributed by atoms with Crippen LogP contribution in [0.4, 0.5) is 11.8 Å². The molecule has 0 bridgehead atoms. The average molecular weight is 332 g/mol. The van der Waals surface area contributed by atoms with Crippen molar-refractivity contribution in [3.05, 3.63) is 60.6 Å². The van der Waals surface area contributed by atoms with Crippen molar-refractivity contribution in [3.8, 4) is 11.4 Å². The molecule has 0 unspecified atom stereocenters. The normalized spacial score (nSPS) is 13.8. The highest BCUT2D eigenvalue weighted by Gasteiger charge is 2.13. The van der Waals surface area contributed by atoms with E-state index in [0.717, 1.165) is 30.0 Å². The van der Waals surface area contributed by atoms with E-state index in [1.54, 1.807) is 0 Å². The molecule has 25 heavy (non-hydrogen) atoms. The monoisotopic (exact) mass is 332 g/mol. The number of nitrogens with zero attached hydrogens (tertiary/aromatic N) is 5. The van der Waals surface area contributed by atoms with Gasteiger partial charge in [-0.05, 0) is 24.5 Å². The van der Waals surface area contributed by atoms with E-state index >= 15 is 0 Å². The molecule has 1 saturated heterocycles. The molecule has 2 aromatic heterocycles. The second-order valence-electron chi connectivity index (χ2n) is 6.07. The van der Waals surface area contributed by atoms with E-state index in [9.17, 15) is 0 Å². The van der Waals surface area contributed by atoms with Gasteiger partial charge in [-0.25, -0.2) is 15.0 Å². The molecule has 0 spiro atoms. The third-order valence-electron chi connectivity index (χ3n) is 4.29. The van der Waals surface area contributed by atoms with Gasteiger partial charge in [0.25, 0.3) is 0 Å². The van der Waals surface area contributed by atoms with Crippen LogP contribution >= 0.6 is 0 Å². The average Bonchev–Trinajstić information content (AvgIpc) is 3.23. The summed E-state index contributed by atoms with van der Waals surface area (Å²) >= 11 is 0. The maximum absolute atomic E-state index is 4.57. The predicted molar refractivity (Wildman–Crippen MR) is 98.3 cm³/mol. The molecule has 3 heterocycles. The molecule has 1 aliphatic heterocycles. The molecule has 0 radical (unpaired) electrons. The van der Waals surface area contributed by atoms with E-state index in [1.807, 2.05) is 36.5 Å². The minimum absolute atomic E-state index is 0.567. The molecule has 6 nitrogen and oxygen atoms in total. The molecule has 3 aromatic rings. The minimum Gasteiger partial charge on any atom is -0.357 e.